The minimum atomic E-state index is -0.435. The number of carbonyl (C=O) groups is 3. The summed E-state index contributed by atoms with van der Waals surface area (Å²) in [6, 6.07) is 12.2. The zero-order valence-corrected chi connectivity index (χ0v) is 19.0. The summed E-state index contributed by atoms with van der Waals surface area (Å²) in [6.45, 7) is 3.90. The molecule has 0 atom stereocenters. The van der Waals surface area contributed by atoms with Crippen LogP contribution in [0.1, 0.15) is 34.6 Å². The lowest BCUT2D eigenvalue weighted by molar-refractivity contribution is -0.143. The van der Waals surface area contributed by atoms with E-state index in [4.69, 9.17) is 9.47 Å². The number of amides is 1. The largest absolute Gasteiger partial charge is 0.465 e. The predicted molar refractivity (Wildman–Crippen MR) is 121 cm³/mol. The van der Waals surface area contributed by atoms with E-state index in [9.17, 15) is 14.4 Å². The van der Waals surface area contributed by atoms with Gasteiger partial charge in [-0.25, -0.2) is 4.79 Å². The van der Waals surface area contributed by atoms with Gasteiger partial charge in [0.25, 0.3) is 5.91 Å². The van der Waals surface area contributed by atoms with Crippen molar-refractivity contribution in [2.75, 3.05) is 19.5 Å². The van der Waals surface area contributed by atoms with Gasteiger partial charge in [0, 0.05) is 10.5 Å². The third-order valence-corrected chi connectivity index (χ3v) is 6.07. The number of hydrogen-bond donors (Lipinski definition) is 0. The fourth-order valence-electron chi connectivity index (χ4n) is 2.90. The van der Waals surface area contributed by atoms with Gasteiger partial charge in [-0.3, -0.25) is 9.59 Å². The number of thioether (sulfide) groups is 1. The van der Waals surface area contributed by atoms with Gasteiger partial charge in [-0.2, -0.15) is 4.99 Å². The summed E-state index contributed by atoms with van der Waals surface area (Å²) in [5.41, 5.74) is 1.53. The highest BCUT2D eigenvalue weighted by Gasteiger charge is 2.15. The molecule has 1 aromatic heterocycles. The van der Waals surface area contributed by atoms with Crippen LogP contribution in [0, 0.1) is 0 Å². The average molecular weight is 459 g/mol. The second-order valence-electron chi connectivity index (χ2n) is 6.33. The number of rotatable bonds is 7. The summed E-state index contributed by atoms with van der Waals surface area (Å²) in [5.74, 6) is -1.28. The lowest BCUT2D eigenvalue weighted by Crippen LogP contribution is -2.23. The summed E-state index contributed by atoms with van der Waals surface area (Å²) >= 11 is 2.76. The maximum Gasteiger partial charge on any atom is 0.338 e. The van der Waals surface area contributed by atoms with Crippen LogP contribution in [0.3, 0.4) is 0 Å². The zero-order valence-electron chi connectivity index (χ0n) is 17.4. The van der Waals surface area contributed by atoms with Crippen molar-refractivity contribution in [3.63, 3.8) is 0 Å². The van der Waals surface area contributed by atoms with Crippen molar-refractivity contribution in [1.82, 2.24) is 4.57 Å². The Balaban J connectivity index is 2.10. The van der Waals surface area contributed by atoms with E-state index in [-0.39, 0.29) is 19.8 Å². The Morgan fingerprint density at radius 2 is 1.81 bits per heavy atom. The van der Waals surface area contributed by atoms with Gasteiger partial charge in [0.2, 0.25) is 0 Å². The molecule has 9 heteroatoms. The van der Waals surface area contributed by atoms with Crippen molar-refractivity contribution in [3.8, 4) is 0 Å². The number of carbonyl (C=O) groups excluding carboxylic acids is 3. The number of esters is 2. The molecule has 1 amide bonds. The SMILES string of the molecule is CCOC(=O)Cn1c(=NC(=O)c2cccc(SC)c2)sc2cc(C(=O)OCC)ccc21. The van der Waals surface area contributed by atoms with E-state index in [1.165, 1.54) is 23.1 Å². The predicted octanol–water partition coefficient (Wildman–Crippen LogP) is 3.91. The maximum absolute atomic E-state index is 12.8. The molecule has 0 spiro atoms. The van der Waals surface area contributed by atoms with Gasteiger partial charge in [0.15, 0.2) is 4.80 Å². The molecule has 0 aliphatic carbocycles. The van der Waals surface area contributed by atoms with Crippen molar-refractivity contribution in [3.05, 3.63) is 58.4 Å². The normalized spacial score (nSPS) is 11.5. The fourth-order valence-corrected chi connectivity index (χ4v) is 4.42. The van der Waals surface area contributed by atoms with Gasteiger partial charge in [0.1, 0.15) is 6.54 Å². The van der Waals surface area contributed by atoms with Crippen LogP contribution < -0.4 is 4.80 Å². The van der Waals surface area contributed by atoms with E-state index >= 15 is 0 Å². The minimum Gasteiger partial charge on any atom is -0.465 e. The van der Waals surface area contributed by atoms with E-state index in [1.807, 2.05) is 12.3 Å². The fraction of sp³-hybridized carbons (Fsp3) is 0.273. The summed E-state index contributed by atoms with van der Waals surface area (Å²) in [6.07, 6.45) is 1.93. The Hall–Kier alpha value is -2.91. The van der Waals surface area contributed by atoms with Gasteiger partial charge in [-0.1, -0.05) is 17.4 Å². The summed E-state index contributed by atoms with van der Waals surface area (Å²) in [7, 11) is 0. The number of nitrogens with zero attached hydrogens (tertiary/aromatic N) is 2. The van der Waals surface area contributed by atoms with Crippen LogP contribution in [0.25, 0.3) is 10.2 Å². The molecule has 162 valence electrons. The molecule has 0 saturated carbocycles. The molecular formula is C22H22N2O5S2. The Morgan fingerprint density at radius 3 is 2.52 bits per heavy atom. The third-order valence-electron chi connectivity index (χ3n) is 4.30. The van der Waals surface area contributed by atoms with Crippen LogP contribution in [0.15, 0.2) is 52.4 Å². The second kappa shape index (κ2) is 10.4. The van der Waals surface area contributed by atoms with Crippen molar-refractivity contribution in [1.29, 1.82) is 0 Å². The van der Waals surface area contributed by atoms with Crippen molar-refractivity contribution in [2.45, 2.75) is 25.3 Å². The van der Waals surface area contributed by atoms with E-state index in [2.05, 4.69) is 4.99 Å². The lowest BCUT2D eigenvalue weighted by Gasteiger charge is -2.06. The van der Waals surface area contributed by atoms with Crippen LogP contribution in [-0.2, 0) is 20.8 Å². The molecule has 0 radical (unpaired) electrons. The Labute approximate surface area is 187 Å². The summed E-state index contributed by atoms with van der Waals surface area (Å²) < 4.78 is 12.5. The number of benzene rings is 2. The smallest absolute Gasteiger partial charge is 0.338 e. The van der Waals surface area contributed by atoms with Crippen molar-refractivity contribution < 1.29 is 23.9 Å². The Bertz CT molecular complexity index is 1200. The molecule has 1 heterocycles. The highest BCUT2D eigenvalue weighted by molar-refractivity contribution is 7.98. The molecule has 31 heavy (non-hydrogen) atoms. The number of thiazole rings is 1. The van der Waals surface area contributed by atoms with E-state index in [0.29, 0.717) is 26.1 Å². The molecule has 0 saturated heterocycles. The molecular weight excluding hydrogens is 436 g/mol. The quantitative estimate of drug-likeness (QED) is 0.394. The highest BCUT2D eigenvalue weighted by atomic mass is 32.2. The molecule has 0 aliphatic rings. The van der Waals surface area contributed by atoms with Gasteiger partial charge < -0.3 is 14.0 Å². The molecule has 0 bridgehead atoms. The molecule has 0 fully saturated rings. The zero-order chi connectivity index (χ0) is 22.4. The van der Waals surface area contributed by atoms with Gasteiger partial charge >= 0.3 is 11.9 Å². The standard InChI is InChI=1S/C22H22N2O5S2/c1-4-28-19(25)13-24-17-10-9-15(21(27)29-5-2)12-18(17)31-22(24)23-20(26)14-7-6-8-16(11-14)30-3/h6-12H,4-5,13H2,1-3H3. The number of aromatic nitrogens is 1. The van der Waals surface area contributed by atoms with Gasteiger partial charge in [-0.15, -0.1) is 11.8 Å². The second-order valence-corrected chi connectivity index (χ2v) is 8.22. The summed E-state index contributed by atoms with van der Waals surface area (Å²) in [4.78, 5) is 42.6. The first-order chi connectivity index (χ1) is 15.0. The van der Waals surface area contributed by atoms with Crippen LogP contribution in [0.2, 0.25) is 0 Å². The van der Waals surface area contributed by atoms with Crippen LogP contribution >= 0.6 is 23.1 Å². The number of hydrogen-bond acceptors (Lipinski definition) is 7. The average Bonchev–Trinajstić information content (AvgIpc) is 3.10. The monoisotopic (exact) mass is 458 g/mol. The minimum absolute atomic E-state index is 0.0937. The summed E-state index contributed by atoms with van der Waals surface area (Å²) in [5, 5.41) is 0. The van der Waals surface area contributed by atoms with Crippen LogP contribution in [-0.4, -0.2) is 41.9 Å². The third kappa shape index (κ3) is 5.42. The first-order valence-electron chi connectivity index (χ1n) is 9.66. The van der Waals surface area contributed by atoms with Crippen molar-refractivity contribution >= 4 is 51.2 Å². The first-order valence-corrected chi connectivity index (χ1v) is 11.7. The van der Waals surface area contributed by atoms with E-state index < -0.39 is 17.8 Å². The van der Waals surface area contributed by atoms with Crippen LogP contribution in [0.5, 0.6) is 0 Å². The molecule has 0 aliphatic heterocycles. The molecule has 2 aromatic carbocycles. The highest BCUT2D eigenvalue weighted by Crippen LogP contribution is 2.21. The van der Waals surface area contributed by atoms with Gasteiger partial charge in [0.05, 0.1) is 29.0 Å². The number of ether oxygens (including phenoxy) is 2. The lowest BCUT2D eigenvalue weighted by atomic mass is 10.2. The topological polar surface area (TPSA) is 87.0 Å². The number of fused-ring (bicyclic) bond motifs is 1. The van der Waals surface area contributed by atoms with Gasteiger partial charge in [-0.05, 0) is 56.5 Å². The van der Waals surface area contributed by atoms with E-state index in [1.54, 1.807) is 54.8 Å². The van der Waals surface area contributed by atoms with Crippen molar-refractivity contribution in [2.24, 2.45) is 4.99 Å². The molecule has 3 aromatic rings. The molecule has 7 nitrogen and oxygen atoms in total. The molecule has 3 rings (SSSR count). The Morgan fingerprint density at radius 1 is 1.03 bits per heavy atom. The van der Waals surface area contributed by atoms with E-state index in [0.717, 1.165) is 4.90 Å². The molecule has 0 N–H and O–H groups in total. The maximum atomic E-state index is 12.8. The first kappa shape index (κ1) is 22.8. The Kier molecular flexibility index (Phi) is 7.64. The van der Waals surface area contributed by atoms with Crippen LogP contribution in [0.4, 0.5) is 0 Å². The molecule has 0 unspecified atom stereocenters.